The molecule has 1 atom stereocenters. The molecule has 0 aliphatic rings. The fourth-order valence-electron chi connectivity index (χ4n) is 3.27. The summed E-state index contributed by atoms with van der Waals surface area (Å²) in [6, 6.07) is 1.58. The number of ether oxygens (including phenoxy) is 1. The van der Waals surface area contributed by atoms with Crippen LogP contribution in [-0.4, -0.2) is 59.4 Å². The number of rotatable bonds is 13. The number of hydrogen-bond donors (Lipinski definition) is 4. The van der Waals surface area contributed by atoms with Gasteiger partial charge in [0.2, 0.25) is 17.6 Å². The number of carbonyl (C=O) groups excluding carboxylic acids is 5. The molecule has 4 amide bonds. The minimum atomic E-state index is -1.28. The van der Waals surface area contributed by atoms with Gasteiger partial charge in [-0.25, -0.2) is 4.79 Å². The van der Waals surface area contributed by atoms with Gasteiger partial charge in [-0.15, -0.1) is 0 Å². The Labute approximate surface area is 216 Å². The third kappa shape index (κ3) is 11.3. The van der Waals surface area contributed by atoms with E-state index in [-0.39, 0.29) is 31.0 Å². The molecule has 1 heterocycles. The number of Topliss-reactive ketones (excluding diaryl/α,β-unsaturated/α-hetero) is 1. The summed E-state index contributed by atoms with van der Waals surface area (Å²) < 4.78 is 6.34. The quantitative estimate of drug-likeness (QED) is 0.284. The van der Waals surface area contributed by atoms with E-state index >= 15 is 0 Å². The number of amides is 4. The van der Waals surface area contributed by atoms with E-state index in [2.05, 4.69) is 21.3 Å². The number of nitrogens with one attached hydrogen (secondary N) is 4. The summed E-state index contributed by atoms with van der Waals surface area (Å²) in [5, 5.41) is 9.83. The molecule has 0 fully saturated rings. The summed E-state index contributed by atoms with van der Waals surface area (Å²) in [5.41, 5.74) is -1.58. The average molecular weight is 522 g/mol. The largest absolute Gasteiger partial charge is 0.444 e. The highest BCUT2D eigenvalue weighted by Crippen LogP contribution is 2.10. The van der Waals surface area contributed by atoms with E-state index in [9.17, 15) is 28.8 Å². The molecular weight excluding hydrogens is 482 g/mol. The van der Waals surface area contributed by atoms with Crippen molar-refractivity contribution < 1.29 is 28.7 Å². The molecule has 0 radical (unpaired) electrons. The van der Waals surface area contributed by atoms with E-state index in [0.717, 1.165) is 17.4 Å². The van der Waals surface area contributed by atoms with Crippen LogP contribution in [-0.2, 0) is 30.5 Å². The van der Waals surface area contributed by atoms with Crippen molar-refractivity contribution in [1.82, 2.24) is 20.5 Å². The fourth-order valence-corrected chi connectivity index (χ4v) is 3.27. The first-order chi connectivity index (χ1) is 17.3. The first-order valence-electron chi connectivity index (χ1n) is 12.3. The molecule has 0 saturated heterocycles. The van der Waals surface area contributed by atoms with Crippen LogP contribution < -0.4 is 26.8 Å². The Hall–Kier alpha value is -3.70. The Morgan fingerprint density at radius 3 is 2.30 bits per heavy atom. The van der Waals surface area contributed by atoms with E-state index in [1.54, 1.807) is 20.8 Å². The van der Waals surface area contributed by atoms with Gasteiger partial charge in [0.15, 0.2) is 0 Å². The molecule has 0 spiro atoms. The van der Waals surface area contributed by atoms with Gasteiger partial charge in [0.1, 0.15) is 23.9 Å². The number of carbonyl (C=O) groups is 5. The van der Waals surface area contributed by atoms with Gasteiger partial charge in [-0.1, -0.05) is 26.7 Å². The van der Waals surface area contributed by atoms with Crippen molar-refractivity contribution >= 4 is 35.3 Å². The zero-order valence-electron chi connectivity index (χ0n) is 22.4. The molecule has 1 unspecified atom stereocenters. The van der Waals surface area contributed by atoms with Gasteiger partial charge in [0.05, 0.1) is 0 Å². The third-order valence-corrected chi connectivity index (χ3v) is 5.48. The van der Waals surface area contributed by atoms with Crippen LogP contribution in [0.3, 0.4) is 0 Å². The van der Waals surface area contributed by atoms with E-state index in [1.165, 1.54) is 25.4 Å². The highest BCUT2D eigenvalue weighted by molar-refractivity contribution is 6.36. The maximum Gasteiger partial charge on any atom is 0.408 e. The lowest BCUT2D eigenvalue weighted by atomic mass is 10.0. The predicted octanol–water partition coefficient (Wildman–Crippen LogP) is 1.33. The smallest absolute Gasteiger partial charge is 0.408 e. The van der Waals surface area contributed by atoms with E-state index in [0.29, 0.717) is 12.5 Å². The van der Waals surface area contributed by atoms with Crippen molar-refractivity contribution in [1.29, 1.82) is 0 Å². The molecule has 4 N–H and O–H groups in total. The number of alkyl carbamates (subject to hydrolysis) is 1. The van der Waals surface area contributed by atoms with E-state index in [4.69, 9.17) is 4.74 Å². The standard InChI is InChI=1S/C25H39N5O7/c1-7-16(8-2)14-27-20(32)15-30-13-9-10-18(23(30)35)28-21(33)17(11-12-19(31)22(34)26-6)29-24(36)37-25(3,4)5/h9-10,13,16-17H,7-8,11-12,14-15H2,1-6H3,(H,26,34)(H,27,32)(H,28,33)(H,29,36). The summed E-state index contributed by atoms with van der Waals surface area (Å²) in [5.74, 6) is -2.38. The Morgan fingerprint density at radius 2 is 1.73 bits per heavy atom. The van der Waals surface area contributed by atoms with Crippen LogP contribution in [0.2, 0.25) is 0 Å². The number of anilines is 1. The van der Waals surface area contributed by atoms with E-state index < -0.39 is 40.9 Å². The molecule has 12 nitrogen and oxygen atoms in total. The molecule has 1 aromatic rings. The first kappa shape index (κ1) is 31.3. The second-order valence-corrected chi connectivity index (χ2v) is 9.57. The van der Waals surface area contributed by atoms with Crippen LogP contribution >= 0.6 is 0 Å². The monoisotopic (exact) mass is 521 g/mol. The second-order valence-electron chi connectivity index (χ2n) is 9.57. The number of hydrogen-bond acceptors (Lipinski definition) is 7. The molecule has 0 aliphatic heterocycles. The van der Waals surface area contributed by atoms with Crippen LogP contribution in [0, 0.1) is 5.92 Å². The fraction of sp³-hybridized carbons (Fsp3) is 0.600. The minimum absolute atomic E-state index is 0.117. The number of pyridine rings is 1. The lowest BCUT2D eigenvalue weighted by Crippen LogP contribution is -2.47. The predicted molar refractivity (Wildman–Crippen MR) is 138 cm³/mol. The van der Waals surface area contributed by atoms with Crippen molar-refractivity contribution in [2.75, 3.05) is 18.9 Å². The van der Waals surface area contributed by atoms with Gasteiger partial charge in [-0.3, -0.25) is 24.0 Å². The Morgan fingerprint density at radius 1 is 1.08 bits per heavy atom. The SMILES string of the molecule is CCC(CC)CNC(=O)Cn1cccc(NC(=O)C(CCC(=O)C(=O)NC)NC(=O)OC(C)(C)C)c1=O. The summed E-state index contributed by atoms with van der Waals surface area (Å²) >= 11 is 0. The van der Waals surface area contributed by atoms with Gasteiger partial charge >= 0.3 is 6.09 Å². The maximum atomic E-state index is 13.0. The van der Waals surface area contributed by atoms with Gasteiger partial charge < -0.3 is 30.6 Å². The Balaban J connectivity index is 2.99. The van der Waals surface area contributed by atoms with Gasteiger partial charge in [0, 0.05) is 26.2 Å². The lowest BCUT2D eigenvalue weighted by Gasteiger charge is -2.23. The van der Waals surface area contributed by atoms with Crippen LogP contribution in [0.5, 0.6) is 0 Å². The van der Waals surface area contributed by atoms with Crippen molar-refractivity contribution in [3.63, 3.8) is 0 Å². The van der Waals surface area contributed by atoms with Crippen molar-refractivity contribution in [3.05, 3.63) is 28.7 Å². The number of likely N-dealkylation sites (N-methyl/N-ethyl adjacent to an activating group) is 1. The van der Waals surface area contributed by atoms with Gasteiger partial charge in [0.25, 0.3) is 11.5 Å². The minimum Gasteiger partial charge on any atom is -0.444 e. The van der Waals surface area contributed by atoms with Crippen LogP contribution in [0.4, 0.5) is 10.5 Å². The summed E-state index contributed by atoms with van der Waals surface area (Å²) in [4.78, 5) is 73.9. The summed E-state index contributed by atoms with van der Waals surface area (Å²) in [7, 11) is 1.30. The third-order valence-electron chi connectivity index (χ3n) is 5.48. The van der Waals surface area contributed by atoms with Gasteiger partial charge in [-0.2, -0.15) is 0 Å². The number of ketones is 1. The van der Waals surface area contributed by atoms with E-state index in [1.807, 2.05) is 13.8 Å². The maximum absolute atomic E-state index is 13.0. The molecule has 0 aromatic carbocycles. The Kier molecular flexibility index (Phi) is 12.5. The van der Waals surface area contributed by atoms with Crippen LogP contribution in [0.15, 0.2) is 23.1 Å². The molecule has 12 heteroatoms. The number of aromatic nitrogens is 1. The van der Waals surface area contributed by atoms with Crippen LogP contribution in [0.1, 0.15) is 60.3 Å². The average Bonchev–Trinajstić information content (AvgIpc) is 2.82. The first-order valence-corrected chi connectivity index (χ1v) is 12.3. The molecule has 37 heavy (non-hydrogen) atoms. The summed E-state index contributed by atoms with van der Waals surface area (Å²) in [6.07, 6.45) is 1.82. The highest BCUT2D eigenvalue weighted by atomic mass is 16.6. The van der Waals surface area contributed by atoms with Crippen molar-refractivity contribution in [2.24, 2.45) is 5.92 Å². The van der Waals surface area contributed by atoms with Gasteiger partial charge in [-0.05, 0) is 45.2 Å². The van der Waals surface area contributed by atoms with Crippen molar-refractivity contribution in [3.8, 4) is 0 Å². The molecule has 1 rings (SSSR count). The molecule has 1 aromatic heterocycles. The second kappa shape index (κ2) is 14.8. The molecular formula is C25H39N5O7. The lowest BCUT2D eigenvalue weighted by molar-refractivity contribution is -0.137. The van der Waals surface area contributed by atoms with Crippen LogP contribution in [0.25, 0.3) is 0 Å². The Bertz CT molecular complexity index is 1020. The number of nitrogens with zero attached hydrogens (tertiary/aromatic N) is 1. The topological polar surface area (TPSA) is 165 Å². The molecule has 0 saturated carbocycles. The molecule has 0 aliphatic carbocycles. The molecule has 206 valence electrons. The zero-order chi connectivity index (χ0) is 28.2. The zero-order valence-corrected chi connectivity index (χ0v) is 22.4. The summed E-state index contributed by atoms with van der Waals surface area (Å²) in [6.45, 7) is 9.28. The molecule has 0 bridgehead atoms. The van der Waals surface area contributed by atoms with Crippen molar-refractivity contribution in [2.45, 2.75) is 78.5 Å². The highest BCUT2D eigenvalue weighted by Gasteiger charge is 2.27. The normalized spacial score (nSPS) is 11.9.